The second-order valence-electron chi connectivity index (χ2n) is 12.8. The van der Waals surface area contributed by atoms with Crippen molar-refractivity contribution in [1.82, 2.24) is 19.5 Å². The van der Waals surface area contributed by atoms with Crippen LogP contribution < -0.4 is 0 Å². The maximum atomic E-state index is 6.28. The highest BCUT2D eigenvalue weighted by molar-refractivity contribution is 7.25. The van der Waals surface area contributed by atoms with Crippen molar-refractivity contribution in [2.75, 3.05) is 0 Å². The van der Waals surface area contributed by atoms with E-state index >= 15 is 0 Å². The molecular weight excluding hydrogens is 645 g/mol. The van der Waals surface area contributed by atoms with Gasteiger partial charge in [0.25, 0.3) is 0 Å². The Balaban J connectivity index is 1.15. The minimum absolute atomic E-state index is 0.603. The van der Waals surface area contributed by atoms with Gasteiger partial charge in [-0.15, -0.1) is 11.3 Å². The SMILES string of the molecule is c1cc(-c2nc(-c3ccc4c(c3)sc3ccccc34)nc(-c3cccc4oc5ccccc5c34)n2)cc(-n2c3ccccc3c3ccccc32)c1. The molecule has 0 aliphatic heterocycles. The molecule has 6 heteroatoms. The highest BCUT2D eigenvalue weighted by Gasteiger charge is 2.19. The zero-order valence-electron chi connectivity index (χ0n) is 27.1. The summed E-state index contributed by atoms with van der Waals surface area (Å²) in [5, 5.41) is 6.98. The maximum Gasteiger partial charge on any atom is 0.164 e. The van der Waals surface area contributed by atoms with Crippen LogP contribution in [-0.2, 0) is 0 Å². The molecule has 51 heavy (non-hydrogen) atoms. The van der Waals surface area contributed by atoms with Gasteiger partial charge in [0.1, 0.15) is 11.2 Å². The van der Waals surface area contributed by atoms with E-state index in [9.17, 15) is 0 Å². The highest BCUT2D eigenvalue weighted by atomic mass is 32.1. The lowest BCUT2D eigenvalue weighted by atomic mass is 10.1. The first kappa shape index (κ1) is 28.2. The van der Waals surface area contributed by atoms with Gasteiger partial charge >= 0.3 is 0 Å². The van der Waals surface area contributed by atoms with Gasteiger partial charge < -0.3 is 8.98 Å². The van der Waals surface area contributed by atoms with E-state index in [-0.39, 0.29) is 0 Å². The van der Waals surface area contributed by atoms with Crippen molar-refractivity contribution in [1.29, 1.82) is 0 Å². The predicted octanol–water partition coefficient (Wildman–Crippen LogP) is 12.2. The summed E-state index contributed by atoms with van der Waals surface area (Å²) in [5.74, 6) is 1.84. The summed E-state index contributed by atoms with van der Waals surface area (Å²) in [6.45, 7) is 0. The van der Waals surface area contributed by atoms with Crippen LogP contribution in [-0.4, -0.2) is 19.5 Å². The van der Waals surface area contributed by atoms with Crippen molar-refractivity contribution in [2.24, 2.45) is 0 Å². The van der Waals surface area contributed by atoms with E-state index in [1.165, 1.54) is 30.9 Å². The molecule has 5 nitrogen and oxygen atoms in total. The van der Waals surface area contributed by atoms with Gasteiger partial charge in [-0.3, -0.25) is 0 Å². The zero-order chi connectivity index (χ0) is 33.5. The third-order valence-electron chi connectivity index (χ3n) is 9.86. The van der Waals surface area contributed by atoms with Crippen LogP contribution in [0.15, 0.2) is 162 Å². The first-order valence-corrected chi connectivity index (χ1v) is 17.8. The molecule has 0 saturated carbocycles. The Morgan fingerprint density at radius 1 is 0.431 bits per heavy atom. The molecule has 11 aromatic rings. The van der Waals surface area contributed by atoms with Crippen molar-refractivity contribution in [3.8, 4) is 39.9 Å². The van der Waals surface area contributed by atoms with Gasteiger partial charge in [-0.1, -0.05) is 109 Å². The fourth-order valence-electron chi connectivity index (χ4n) is 7.57. The molecule has 0 bridgehead atoms. The smallest absolute Gasteiger partial charge is 0.164 e. The van der Waals surface area contributed by atoms with Crippen molar-refractivity contribution in [3.63, 3.8) is 0 Å². The minimum atomic E-state index is 0.603. The van der Waals surface area contributed by atoms with Gasteiger partial charge in [-0.25, -0.2) is 15.0 Å². The van der Waals surface area contributed by atoms with Crippen LogP contribution in [0.25, 0.3) is 104 Å². The Hall–Kier alpha value is -6.63. The summed E-state index contributed by atoms with van der Waals surface area (Å²) >= 11 is 1.79. The van der Waals surface area contributed by atoms with Crippen LogP contribution in [0.5, 0.6) is 0 Å². The van der Waals surface area contributed by atoms with Crippen molar-refractivity contribution >= 4 is 75.3 Å². The largest absolute Gasteiger partial charge is 0.456 e. The summed E-state index contributed by atoms with van der Waals surface area (Å²) in [6.07, 6.45) is 0. The number of rotatable bonds is 4. The first-order chi connectivity index (χ1) is 25.3. The van der Waals surface area contributed by atoms with Crippen LogP contribution in [0.3, 0.4) is 0 Å². The molecule has 0 spiro atoms. The topological polar surface area (TPSA) is 56.7 Å². The van der Waals surface area contributed by atoms with E-state index in [1.54, 1.807) is 11.3 Å². The number of furan rings is 1. The summed E-state index contributed by atoms with van der Waals surface area (Å²) in [6, 6.07) is 55.0. The Morgan fingerprint density at radius 3 is 1.84 bits per heavy atom. The van der Waals surface area contributed by atoms with E-state index in [1.807, 2.05) is 30.3 Å². The standard InChI is InChI=1S/C45H26N4OS/c1-5-18-36-30(13-1)31-14-2-6-19-37(31)49(36)29-12-9-11-27(25-29)43-46-44(28-23-24-33-32-15-4-8-22-40(32)51-41(33)26-28)48-45(47-43)35-17-10-21-39-42(35)34-16-3-7-20-38(34)50-39/h1-26H. The molecular formula is C45H26N4OS. The second-order valence-corrected chi connectivity index (χ2v) is 13.9. The monoisotopic (exact) mass is 670 g/mol. The lowest BCUT2D eigenvalue weighted by molar-refractivity contribution is 0.669. The number of benzene rings is 7. The number of thiophene rings is 1. The maximum absolute atomic E-state index is 6.28. The fraction of sp³-hybridized carbons (Fsp3) is 0. The van der Waals surface area contributed by atoms with Gasteiger partial charge in [-0.05, 0) is 48.5 Å². The van der Waals surface area contributed by atoms with Crippen LogP contribution in [0.4, 0.5) is 0 Å². The van der Waals surface area contributed by atoms with Gasteiger partial charge in [-0.2, -0.15) is 0 Å². The Labute approximate surface area is 295 Å². The normalized spacial score (nSPS) is 11.9. The second kappa shape index (κ2) is 10.9. The average molecular weight is 671 g/mol. The highest BCUT2D eigenvalue weighted by Crippen LogP contribution is 2.39. The lowest BCUT2D eigenvalue weighted by Gasteiger charge is -2.12. The van der Waals surface area contributed by atoms with E-state index in [0.29, 0.717) is 17.5 Å². The van der Waals surface area contributed by atoms with Crippen molar-refractivity contribution in [2.45, 2.75) is 0 Å². The molecule has 0 saturated heterocycles. The molecule has 0 radical (unpaired) electrons. The van der Waals surface area contributed by atoms with Gasteiger partial charge in [0.15, 0.2) is 17.5 Å². The zero-order valence-corrected chi connectivity index (χ0v) is 27.9. The molecule has 238 valence electrons. The van der Waals surface area contributed by atoms with Crippen molar-refractivity contribution < 1.29 is 4.42 Å². The molecule has 4 aromatic heterocycles. The quantitative estimate of drug-likeness (QED) is 0.187. The van der Waals surface area contributed by atoms with E-state index < -0.39 is 0 Å². The summed E-state index contributed by atoms with van der Waals surface area (Å²) in [7, 11) is 0. The molecule has 0 amide bonds. The minimum Gasteiger partial charge on any atom is -0.456 e. The summed E-state index contributed by atoms with van der Waals surface area (Å²) in [4.78, 5) is 15.6. The Morgan fingerprint density at radius 2 is 1.04 bits per heavy atom. The third-order valence-corrected chi connectivity index (χ3v) is 11.0. The number of hydrogen-bond donors (Lipinski definition) is 0. The number of hydrogen-bond acceptors (Lipinski definition) is 5. The van der Waals surface area contributed by atoms with Crippen molar-refractivity contribution in [3.05, 3.63) is 158 Å². The van der Waals surface area contributed by atoms with Gasteiger partial charge in [0.05, 0.1) is 11.0 Å². The molecule has 0 fully saturated rings. The molecule has 0 N–H and O–H groups in total. The third kappa shape index (κ3) is 4.37. The molecule has 4 heterocycles. The average Bonchev–Trinajstić information content (AvgIpc) is 3.87. The molecule has 0 atom stereocenters. The Bertz CT molecular complexity index is 3120. The number of fused-ring (bicyclic) bond motifs is 9. The van der Waals surface area contributed by atoms with E-state index in [0.717, 1.165) is 55.3 Å². The number of nitrogens with zero attached hydrogens (tertiary/aromatic N) is 4. The van der Waals surface area contributed by atoms with E-state index in [4.69, 9.17) is 19.4 Å². The van der Waals surface area contributed by atoms with Crippen LogP contribution in [0.1, 0.15) is 0 Å². The molecule has 0 unspecified atom stereocenters. The lowest BCUT2D eigenvalue weighted by Crippen LogP contribution is -2.01. The molecule has 0 aliphatic carbocycles. The molecule has 0 aliphatic rings. The number of aromatic nitrogens is 4. The first-order valence-electron chi connectivity index (χ1n) is 16.9. The van der Waals surface area contributed by atoms with Gasteiger partial charge in [0.2, 0.25) is 0 Å². The summed E-state index contributed by atoms with van der Waals surface area (Å²) in [5.41, 5.74) is 7.76. The predicted molar refractivity (Wildman–Crippen MR) is 211 cm³/mol. The van der Waals surface area contributed by atoms with Crippen LogP contribution in [0, 0.1) is 0 Å². The van der Waals surface area contributed by atoms with Gasteiger partial charge in [0, 0.05) is 64.1 Å². The van der Waals surface area contributed by atoms with Crippen LogP contribution in [0.2, 0.25) is 0 Å². The molecule has 7 aromatic carbocycles. The summed E-state index contributed by atoms with van der Waals surface area (Å²) < 4.78 is 11.1. The van der Waals surface area contributed by atoms with Crippen LogP contribution >= 0.6 is 11.3 Å². The Kier molecular flexibility index (Phi) is 6.05. The van der Waals surface area contributed by atoms with E-state index in [2.05, 4.69) is 132 Å². The number of para-hydroxylation sites is 3. The fourth-order valence-corrected chi connectivity index (χ4v) is 8.71. The molecule has 11 rings (SSSR count).